The number of methoxy groups -OCH3 is 2. The molecular weight excluding hydrogens is 745 g/mol. The second kappa shape index (κ2) is 14.0. The Kier molecular flexibility index (Phi) is 8.65. The lowest BCUT2D eigenvalue weighted by atomic mass is 9.58. The normalized spacial score (nSPS) is 38.9. The molecule has 10 aliphatic heterocycles. The van der Waals surface area contributed by atoms with Crippen LogP contribution in [0.15, 0.2) is 110 Å². The molecule has 0 aromatic heterocycles. The van der Waals surface area contributed by atoms with Crippen molar-refractivity contribution in [2.24, 2.45) is 17.8 Å². The van der Waals surface area contributed by atoms with Crippen LogP contribution in [0.2, 0.25) is 0 Å². The van der Waals surface area contributed by atoms with Crippen molar-refractivity contribution in [3.8, 4) is 22.6 Å². The first-order chi connectivity index (χ1) is 29.4. The van der Waals surface area contributed by atoms with Gasteiger partial charge in [0.15, 0.2) is 0 Å². The molecule has 4 aromatic carbocycles. The first-order valence-electron chi connectivity index (χ1n) is 22.6. The van der Waals surface area contributed by atoms with Crippen molar-refractivity contribution in [1.29, 1.82) is 0 Å². The summed E-state index contributed by atoms with van der Waals surface area (Å²) >= 11 is 0. The molecule has 8 bridgehead atoms. The van der Waals surface area contributed by atoms with Gasteiger partial charge < -0.3 is 29.6 Å². The fourth-order valence-electron chi connectivity index (χ4n) is 13.9. The standard InChI is InChI=1S/C52H58N4O4/c1-5-31-29-55-21-19-34(31)23-45(55)50-52(28-48(60-50)54-44-18-16-39(58-4)25-42(44)52)37-13-9-33(10-14-37)32-7-11-36(12-8-32)51-20-22-56(30-35(51)6-2)46(27-51)49-41-26-47(59-49)53-43-17-15-38(57-3)24-40(41)43/h5-18,24-25,31,34-35,41,45-50,53-54H,1-2,19-23,26-30H2,3-4H3/t31-,34-,35-,41-,45+,46+,47-,48-,49+,50-,51+,52-/m0/s1. The highest BCUT2D eigenvalue weighted by atomic mass is 16.5. The number of anilines is 2. The van der Waals surface area contributed by atoms with Crippen LogP contribution in [0.5, 0.6) is 11.5 Å². The van der Waals surface area contributed by atoms with Crippen LogP contribution >= 0.6 is 0 Å². The van der Waals surface area contributed by atoms with Gasteiger partial charge in [0.1, 0.15) is 24.0 Å². The van der Waals surface area contributed by atoms with Crippen molar-refractivity contribution in [3.05, 3.63) is 132 Å². The summed E-state index contributed by atoms with van der Waals surface area (Å²) in [6, 6.07) is 32.7. The zero-order valence-electron chi connectivity index (χ0n) is 35.0. The van der Waals surface area contributed by atoms with E-state index in [0.29, 0.717) is 35.8 Å². The highest BCUT2D eigenvalue weighted by Gasteiger charge is 2.60. The quantitative estimate of drug-likeness (QED) is 0.163. The topological polar surface area (TPSA) is 67.5 Å². The molecular formula is C52H58N4O4. The van der Waals surface area contributed by atoms with Crippen LogP contribution < -0.4 is 20.1 Å². The van der Waals surface area contributed by atoms with Crippen LogP contribution in [0.25, 0.3) is 11.1 Å². The molecule has 8 nitrogen and oxygen atoms in total. The van der Waals surface area contributed by atoms with Crippen LogP contribution in [0.4, 0.5) is 11.4 Å². The maximum absolute atomic E-state index is 7.13. The number of hydrogen-bond donors (Lipinski definition) is 2. The Morgan fingerprint density at radius 3 is 2.15 bits per heavy atom. The SMILES string of the molecule is C=C[C@H]1CN2CC[C@H]1C[C@@H]2[C@@H]1O[C@H]2C[C@]1(c1ccc(-c3ccc([C@@]45CCN(C[C@@H]4C=C)[C@@H]([C@@H]4O[C@H]6C[C@H]4c4cc(OC)ccc4N6)C5)cc3)cc1)c1cc(OC)ccc1N2. The molecule has 4 aromatic rings. The zero-order chi connectivity index (χ0) is 40.3. The third-order valence-electron chi connectivity index (χ3n) is 16.9. The van der Waals surface area contributed by atoms with Crippen molar-refractivity contribution in [2.45, 2.75) is 92.0 Å². The van der Waals surface area contributed by atoms with Crippen LogP contribution in [0.1, 0.15) is 66.7 Å². The second-order valence-electron chi connectivity index (χ2n) is 19.2. The van der Waals surface area contributed by atoms with E-state index in [0.717, 1.165) is 75.5 Å². The average molecular weight is 803 g/mol. The van der Waals surface area contributed by atoms with Gasteiger partial charge in [-0.2, -0.15) is 0 Å². The summed E-state index contributed by atoms with van der Waals surface area (Å²) in [6.07, 6.45) is 11.2. The van der Waals surface area contributed by atoms with Gasteiger partial charge in [0, 0.05) is 60.7 Å². The molecule has 14 rings (SSSR count). The van der Waals surface area contributed by atoms with Crippen molar-refractivity contribution >= 4 is 11.4 Å². The van der Waals surface area contributed by atoms with Gasteiger partial charge in [-0.05, 0) is 126 Å². The van der Waals surface area contributed by atoms with E-state index in [1.54, 1.807) is 14.2 Å². The molecule has 60 heavy (non-hydrogen) atoms. The Morgan fingerprint density at radius 2 is 1.43 bits per heavy atom. The third kappa shape index (κ3) is 5.43. The molecule has 0 radical (unpaired) electrons. The molecule has 14 atom stereocenters. The van der Waals surface area contributed by atoms with Crippen molar-refractivity contribution in [3.63, 3.8) is 0 Å². The van der Waals surface area contributed by atoms with Gasteiger partial charge in [-0.25, -0.2) is 0 Å². The van der Waals surface area contributed by atoms with Gasteiger partial charge in [0.05, 0.1) is 31.8 Å². The molecule has 0 amide bonds. The van der Waals surface area contributed by atoms with Crippen LogP contribution in [-0.2, 0) is 20.3 Å². The molecule has 0 spiro atoms. The molecule has 8 fully saturated rings. The fraction of sp³-hybridized carbons (Fsp3) is 0.462. The Bertz CT molecular complexity index is 2330. The number of rotatable bonds is 9. The summed E-state index contributed by atoms with van der Waals surface area (Å²) in [5.74, 6) is 3.80. The number of piperidine rings is 6. The lowest BCUT2D eigenvalue weighted by Gasteiger charge is -2.58. The van der Waals surface area contributed by atoms with Gasteiger partial charge in [-0.15, -0.1) is 13.2 Å². The maximum Gasteiger partial charge on any atom is 0.129 e. The second-order valence-corrected chi connectivity index (χ2v) is 19.2. The highest BCUT2D eigenvalue weighted by molar-refractivity contribution is 5.69. The monoisotopic (exact) mass is 802 g/mol. The van der Waals surface area contributed by atoms with E-state index >= 15 is 0 Å². The van der Waals surface area contributed by atoms with Crippen molar-refractivity contribution < 1.29 is 18.9 Å². The van der Waals surface area contributed by atoms with E-state index in [2.05, 4.69) is 131 Å². The van der Waals surface area contributed by atoms with Crippen molar-refractivity contribution in [1.82, 2.24) is 9.80 Å². The molecule has 8 saturated heterocycles. The predicted molar refractivity (Wildman–Crippen MR) is 237 cm³/mol. The van der Waals surface area contributed by atoms with E-state index < -0.39 is 0 Å². The van der Waals surface area contributed by atoms with Crippen LogP contribution in [0.3, 0.4) is 0 Å². The van der Waals surface area contributed by atoms with Crippen LogP contribution in [0, 0.1) is 17.8 Å². The van der Waals surface area contributed by atoms with Gasteiger partial charge in [-0.1, -0.05) is 60.7 Å². The molecule has 10 aliphatic rings. The van der Waals surface area contributed by atoms with Gasteiger partial charge >= 0.3 is 0 Å². The van der Waals surface area contributed by atoms with Gasteiger partial charge in [0.2, 0.25) is 0 Å². The Hall–Kier alpha value is -4.60. The lowest BCUT2D eigenvalue weighted by molar-refractivity contribution is -0.0796. The minimum absolute atomic E-state index is 0.0270. The zero-order valence-corrected chi connectivity index (χ0v) is 35.0. The fourth-order valence-corrected chi connectivity index (χ4v) is 13.9. The first-order valence-corrected chi connectivity index (χ1v) is 22.6. The minimum Gasteiger partial charge on any atom is -0.497 e. The number of fused-ring (bicyclic) bond motifs is 14. The molecule has 310 valence electrons. The van der Waals surface area contributed by atoms with E-state index in [4.69, 9.17) is 18.9 Å². The number of hydrogen-bond acceptors (Lipinski definition) is 8. The molecule has 2 unspecified atom stereocenters. The van der Waals surface area contributed by atoms with Crippen molar-refractivity contribution in [2.75, 3.05) is 51.0 Å². The smallest absolute Gasteiger partial charge is 0.129 e. The van der Waals surface area contributed by atoms with Gasteiger partial charge in [-0.3, -0.25) is 9.80 Å². The Morgan fingerprint density at radius 1 is 0.717 bits per heavy atom. The largest absolute Gasteiger partial charge is 0.497 e. The number of ether oxygens (including phenoxy) is 4. The number of benzene rings is 4. The summed E-state index contributed by atoms with van der Waals surface area (Å²) < 4.78 is 25.5. The predicted octanol–water partition coefficient (Wildman–Crippen LogP) is 8.94. The van der Waals surface area contributed by atoms with Gasteiger partial charge in [0.25, 0.3) is 0 Å². The molecule has 8 heteroatoms. The third-order valence-corrected chi connectivity index (χ3v) is 16.9. The first kappa shape index (κ1) is 37.2. The highest BCUT2D eigenvalue weighted by Crippen LogP contribution is 2.58. The van der Waals surface area contributed by atoms with E-state index in [-0.39, 0.29) is 35.5 Å². The lowest BCUT2D eigenvalue weighted by Crippen LogP contribution is -2.64. The van der Waals surface area contributed by atoms with Crippen LogP contribution in [-0.4, -0.2) is 86.9 Å². The summed E-state index contributed by atoms with van der Waals surface area (Å²) in [5, 5.41) is 7.42. The summed E-state index contributed by atoms with van der Waals surface area (Å²) in [7, 11) is 3.53. The van der Waals surface area contributed by atoms with E-state index in [1.807, 2.05) is 0 Å². The molecule has 10 heterocycles. The minimum atomic E-state index is -0.287. The Balaban J connectivity index is 0.848. The molecule has 2 N–H and O–H groups in total. The van der Waals surface area contributed by atoms with E-state index in [9.17, 15) is 0 Å². The average Bonchev–Trinajstić information content (AvgIpc) is 3.83. The molecule has 0 saturated carbocycles. The summed E-state index contributed by atoms with van der Waals surface area (Å²) in [5.41, 5.74) is 9.98. The maximum atomic E-state index is 7.13. The summed E-state index contributed by atoms with van der Waals surface area (Å²) in [6.45, 7) is 12.9. The van der Waals surface area contributed by atoms with E-state index in [1.165, 1.54) is 45.5 Å². The summed E-state index contributed by atoms with van der Waals surface area (Å²) in [4.78, 5) is 5.42. The number of nitrogens with zero attached hydrogens (tertiary/aromatic N) is 2. The molecule has 0 aliphatic carbocycles. The Labute approximate surface area is 354 Å². The number of nitrogens with one attached hydrogen (secondary N) is 2.